The molecule has 4 aromatic rings. The van der Waals surface area contributed by atoms with Crippen molar-refractivity contribution in [3.63, 3.8) is 0 Å². The highest BCUT2D eigenvalue weighted by Gasteiger charge is 2.18. The van der Waals surface area contributed by atoms with Crippen LogP contribution in [0.1, 0.15) is 17.2 Å². The van der Waals surface area contributed by atoms with E-state index in [1.807, 2.05) is 35.0 Å². The molecule has 1 atom stereocenters. The standard InChI is InChI=1S/C20H17N3/c1-3-9-16(10-4-1)15-20(17-11-5-2-6-12-17)23-19-14-8-7-13-18(19)21-22-23/h1-14,20H,15H2. The molecule has 0 spiro atoms. The van der Waals surface area contributed by atoms with Gasteiger partial charge in [-0.2, -0.15) is 0 Å². The van der Waals surface area contributed by atoms with E-state index in [1.165, 1.54) is 11.1 Å². The van der Waals surface area contributed by atoms with Gasteiger partial charge in [0.1, 0.15) is 5.52 Å². The summed E-state index contributed by atoms with van der Waals surface area (Å²) in [6.45, 7) is 0. The van der Waals surface area contributed by atoms with Crippen LogP contribution in [0, 0.1) is 0 Å². The molecule has 0 aliphatic heterocycles. The highest BCUT2D eigenvalue weighted by Crippen LogP contribution is 2.25. The van der Waals surface area contributed by atoms with Gasteiger partial charge < -0.3 is 0 Å². The lowest BCUT2D eigenvalue weighted by Crippen LogP contribution is -2.15. The van der Waals surface area contributed by atoms with E-state index in [9.17, 15) is 0 Å². The summed E-state index contributed by atoms with van der Waals surface area (Å²) in [6.07, 6.45) is 0.887. The fraction of sp³-hybridized carbons (Fsp3) is 0.100. The second-order valence-corrected chi connectivity index (χ2v) is 5.64. The number of benzene rings is 3. The Kier molecular flexibility index (Phi) is 3.60. The highest BCUT2D eigenvalue weighted by atomic mass is 15.4. The third-order valence-corrected chi connectivity index (χ3v) is 4.13. The van der Waals surface area contributed by atoms with Crippen molar-refractivity contribution in [1.29, 1.82) is 0 Å². The highest BCUT2D eigenvalue weighted by molar-refractivity contribution is 5.74. The lowest BCUT2D eigenvalue weighted by molar-refractivity contribution is 0.518. The summed E-state index contributed by atoms with van der Waals surface area (Å²) in [5, 5.41) is 8.75. The summed E-state index contributed by atoms with van der Waals surface area (Å²) in [6, 6.07) is 29.3. The quantitative estimate of drug-likeness (QED) is 0.563. The van der Waals surface area contributed by atoms with E-state index in [1.54, 1.807) is 0 Å². The van der Waals surface area contributed by atoms with Gasteiger partial charge in [0.05, 0.1) is 11.6 Å². The van der Waals surface area contributed by atoms with Crippen LogP contribution in [0.4, 0.5) is 0 Å². The Morgan fingerprint density at radius 1 is 0.739 bits per heavy atom. The van der Waals surface area contributed by atoms with Crippen LogP contribution in [0.2, 0.25) is 0 Å². The van der Waals surface area contributed by atoms with Gasteiger partial charge in [0, 0.05) is 0 Å². The van der Waals surface area contributed by atoms with Crippen molar-refractivity contribution < 1.29 is 0 Å². The van der Waals surface area contributed by atoms with E-state index in [2.05, 4.69) is 64.9 Å². The van der Waals surface area contributed by atoms with Crippen LogP contribution >= 0.6 is 0 Å². The summed E-state index contributed by atoms with van der Waals surface area (Å²) in [5.41, 5.74) is 4.53. The van der Waals surface area contributed by atoms with Gasteiger partial charge in [-0.25, -0.2) is 4.68 Å². The number of fused-ring (bicyclic) bond motifs is 1. The first-order chi connectivity index (χ1) is 11.4. The molecule has 3 aromatic carbocycles. The molecule has 3 nitrogen and oxygen atoms in total. The monoisotopic (exact) mass is 299 g/mol. The molecule has 0 radical (unpaired) electrons. The molecule has 1 unspecified atom stereocenters. The zero-order chi connectivity index (χ0) is 15.5. The normalized spacial score (nSPS) is 12.3. The van der Waals surface area contributed by atoms with Crippen molar-refractivity contribution >= 4 is 11.0 Å². The summed E-state index contributed by atoms with van der Waals surface area (Å²) in [7, 11) is 0. The molecule has 0 fully saturated rings. The molecule has 0 aliphatic carbocycles. The van der Waals surface area contributed by atoms with Crippen LogP contribution in [-0.2, 0) is 6.42 Å². The van der Waals surface area contributed by atoms with Crippen LogP contribution in [0.15, 0.2) is 84.9 Å². The summed E-state index contributed by atoms with van der Waals surface area (Å²) in [4.78, 5) is 0. The zero-order valence-electron chi connectivity index (χ0n) is 12.7. The second kappa shape index (κ2) is 6.05. The van der Waals surface area contributed by atoms with Gasteiger partial charge in [0.15, 0.2) is 0 Å². The van der Waals surface area contributed by atoms with E-state index in [-0.39, 0.29) is 6.04 Å². The SMILES string of the molecule is c1ccc(CC(c2ccccc2)n2nnc3ccccc32)cc1. The molecule has 0 amide bonds. The van der Waals surface area contributed by atoms with Crippen LogP contribution in [0.25, 0.3) is 11.0 Å². The predicted octanol–water partition coefficient (Wildman–Crippen LogP) is 4.26. The van der Waals surface area contributed by atoms with Crippen LogP contribution in [0.3, 0.4) is 0 Å². The molecular weight excluding hydrogens is 282 g/mol. The minimum atomic E-state index is 0.131. The van der Waals surface area contributed by atoms with E-state index in [4.69, 9.17) is 0 Å². The molecule has 0 saturated heterocycles. The maximum atomic E-state index is 4.43. The van der Waals surface area contributed by atoms with E-state index in [0.717, 1.165) is 17.5 Å². The topological polar surface area (TPSA) is 30.7 Å². The molecule has 3 heteroatoms. The van der Waals surface area contributed by atoms with E-state index in [0.29, 0.717) is 0 Å². The average molecular weight is 299 g/mol. The maximum absolute atomic E-state index is 4.43. The fourth-order valence-corrected chi connectivity index (χ4v) is 2.98. The number of hydrogen-bond acceptors (Lipinski definition) is 2. The summed E-state index contributed by atoms with van der Waals surface area (Å²) in [5.74, 6) is 0. The van der Waals surface area contributed by atoms with Crippen LogP contribution in [0.5, 0.6) is 0 Å². The summed E-state index contributed by atoms with van der Waals surface area (Å²) < 4.78 is 2.04. The first-order valence-corrected chi connectivity index (χ1v) is 7.80. The van der Waals surface area contributed by atoms with Crippen molar-refractivity contribution in [1.82, 2.24) is 15.0 Å². The Morgan fingerprint density at radius 2 is 1.39 bits per heavy atom. The Morgan fingerprint density at radius 3 is 2.17 bits per heavy atom. The van der Waals surface area contributed by atoms with Gasteiger partial charge >= 0.3 is 0 Å². The molecule has 1 aromatic heterocycles. The third kappa shape index (κ3) is 2.73. The Hall–Kier alpha value is -2.94. The lowest BCUT2D eigenvalue weighted by atomic mass is 9.99. The maximum Gasteiger partial charge on any atom is 0.113 e. The second-order valence-electron chi connectivity index (χ2n) is 5.64. The number of hydrogen-bond donors (Lipinski definition) is 0. The molecule has 1 heterocycles. The smallest absolute Gasteiger partial charge is 0.113 e. The number of nitrogens with zero attached hydrogens (tertiary/aromatic N) is 3. The van der Waals surface area contributed by atoms with Crippen LogP contribution < -0.4 is 0 Å². The molecule has 0 aliphatic rings. The van der Waals surface area contributed by atoms with Gasteiger partial charge in [0.25, 0.3) is 0 Å². The lowest BCUT2D eigenvalue weighted by Gasteiger charge is -2.18. The Balaban J connectivity index is 1.82. The predicted molar refractivity (Wildman–Crippen MR) is 92.3 cm³/mol. The number of rotatable bonds is 4. The van der Waals surface area contributed by atoms with Crippen molar-refractivity contribution in [2.45, 2.75) is 12.5 Å². The van der Waals surface area contributed by atoms with Crippen molar-refractivity contribution in [3.8, 4) is 0 Å². The fourth-order valence-electron chi connectivity index (χ4n) is 2.98. The van der Waals surface area contributed by atoms with Crippen molar-refractivity contribution in [2.75, 3.05) is 0 Å². The minimum absolute atomic E-state index is 0.131. The van der Waals surface area contributed by atoms with Crippen LogP contribution in [-0.4, -0.2) is 15.0 Å². The summed E-state index contributed by atoms with van der Waals surface area (Å²) >= 11 is 0. The van der Waals surface area contributed by atoms with E-state index >= 15 is 0 Å². The molecule has 112 valence electrons. The Labute approximate surface area is 135 Å². The molecule has 0 saturated carbocycles. The van der Waals surface area contributed by atoms with Gasteiger partial charge in [-0.3, -0.25) is 0 Å². The first-order valence-electron chi connectivity index (χ1n) is 7.80. The minimum Gasteiger partial charge on any atom is -0.237 e. The van der Waals surface area contributed by atoms with E-state index < -0.39 is 0 Å². The number of para-hydroxylation sites is 1. The molecular formula is C20H17N3. The average Bonchev–Trinajstić information content (AvgIpc) is 3.05. The van der Waals surface area contributed by atoms with Gasteiger partial charge in [-0.1, -0.05) is 78.0 Å². The Bertz CT molecular complexity index is 898. The number of aromatic nitrogens is 3. The molecule has 0 bridgehead atoms. The van der Waals surface area contributed by atoms with Gasteiger partial charge in [-0.15, -0.1) is 5.10 Å². The van der Waals surface area contributed by atoms with Gasteiger partial charge in [0.2, 0.25) is 0 Å². The van der Waals surface area contributed by atoms with Crippen molar-refractivity contribution in [2.24, 2.45) is 0 Å². The molecule has 0 N–H and O–H groups in total. The van der Waals surface area contributed by atoms with Gasteiger partial charge in [-0.05, 0) is 29.7 Å². The first kappa shape index (κ1) is 13.7. The van der Waals surface area contributed by atoms with Crippen molar-refractivity contribution in [3.05, 3.63) is 96.1 Å². The largest absolute Gasteiger partial charge is 0.237 e. The zero-order valence-corrected chi connectivity index (χ0v) is 12.7. The molecule has 4 rings (SSSR count). The molecule has 23 heavy (non-hydrogen) atoms. The third-order valence-electron chi connectivity index (χ3n) is 4.13.